The van der Waals surface area contributed by atoms with Crippen LogP contribution >= 0.6 is 34.5 Å². The number of benzene rings is 2. The van der Waals surface area contributed by atoms with Gasteiger partial charge in [-0.3, -0.25) is 14.6 Å². The first-order valence-corrected chi connectivity index (χ1v) is 19.3. The molecule has 5 heterocycles. The van der Waals surface area contributed by atoms with Gasteiger partial charge in [0.25, 0.3) is 0 Å². The third-order valence-electron chi connectivity index (χ3n) is 9.39. The molecule has 0 spiro atoms. The normalized spacial score (nSPS) is 14.0. The molecule has 2 N–H and O–H groups in total. The topological polar surface area (TPSA) is 159 Å². The van der Waals surface area contributed by atoms with E-state index in [2.05, 4.69) is 15.6 Å². The molecule has 284 valence electrons. The van der Waals surface area contributed by atoms with Crippen molar-refractivity contribution in [1.82, 2.24) is 25.6 Å². The molecular weight excluding hydrogens is 765 g/mol. The van der Waals surface area contributed by atoms with Crippen molar-refractivity contribution in [3.63, 3.8) is 0 Å². The van der Waals surface area contributed by atoms with Gasteiger partial charge in [-0.2, -0.15) is 0 Å². The molecule has 4 aromatic heterocycles. The van der Waals surface area contributed by atoms with E-state index in [4.69, 9.17) is 51.5 Å². The first-order chi connectivity index (χ1) is 26.7. The van der Waals surface area contributed by atoms with Gasteiger partial charge in [-0.1, -0.05) is 65.7 Å². The second kappa shape index (κ2) is 17.2. The van der Waals surface area contributed by atoms with Crippen LogP contribution in [-0.2, 0) is 40.3 Å². The maximum Gasteiger partial charge on any atom is 0.519 e. The molecule has 0 saturated carbocycles. The highest BCUT2D eigenvalue weighted by molar-refractivity contribution is 7.18. The number of halogens is 2. The number of aromatic nitrogens is 3. The van der Waals surface area contributed by atoms with Gasteiger partial charge in [0.05, 0.1) is 39.8 Å². The second-order valence-electron chi connectivity index (χ2n) is 13.1. The van der Waals surface area contributed by atoms with Crippen molar-refractivity contribution >= 4 is 56.6 Å². The Bertz CT molecular complexity index is 2430. The van der Waals surface area contributed by atoms with Crippen molar-refractivity contribution in [2.75, 3.05) is 13.7 Å². The number of thiazole rings is 1. The predicted molar refractivity (Wildman–Crippen MR) is 209 cm³/mol. The van der Waals surface area contributed by atoms with E-state index in [1.54, 1.807) is 20.2 Å². The van der Waals surface area contributed by atoms with Crippen LogP contribution in [0, 0.1) is 6.92 Å². The zero-order valence-electron chi connectivity index (χ0n) is 30.1. The molecular formula is C40H37Cl2N5O7S. The summed E-state index contributed by atoms with van der Waals surface area (Å²) in [5.74, 6) is -0.231. The lowest BCUT2D eigenvalue weighted by molar-refractivity contribution is -0.144. The number of fused-ring (bicyclic) bond motifs is 1. The molecule has 12 nitrogen and oxygen atoms in total. The van der Waals surface area contributed by atoms with Crippen LogP contribution in [0.15, 0.2) is 74.4 Å². The summed E-state index contributed by atoms with van der Waals surface area (Å²) in [6.07, 6.45) is 6.28. The fourth-order valence-electron chi connectivity index (χ4n) is 6.60. The zero-order chi connectivity index (χ0) is 38.5. The van der Waals surface area contributed by atoms with E-state index in [0.717, 1.165) is 74.4 Å². The van der Waals surface area contributed by atoms with Gasteiger partial charge < -0.3 is 28.9 Å². The Kier molecular flexibility index (Phi) is 11.9. The van der Waals surface area contributed by atoms with Gasteiger partial charge in [0.1, 0.15) is 10.5 Å². The van der Waals surface area contributed by atoms with Crippen molar-refractivity contribution in [2.24, 2.45) is 0 Å². The summed E-state index contributed by atoms with van der Waals surface area (Å²) >= 11 is 15.7. The van der Waals surface area contributed by atoms with E-state index >= 15 is 0 Å². The van der Waals surface area contributed by atoms with Crippen LogP contribution in [0.25, 0.3) is 32.6 Å². The third-order valence-corrected chi connectivity index (χ3v) is 11.3. The van der Waals surface area contributed by atoms with Gasteiger partial charge in [-0.05, 0) is 50.3 Å². The molecule has 0 radical (unpaired) electrons. The lowest BCUT2D eigenvalue weighted by atomic mass is 9.97. The van der Waals surface area contributed by atoms with E-state index in [1.165, 1.54) is 11.3 Å². The number of nitrogens with zero attached hydrogens (tertiary/aromatic N) is 3. The summed E-state index contributed by atoms with van der Waals surface area (Å²) in [5, 5.41) is 7.93. The van der Waals surface area contributed by atoms with Crippen molar-refractivity contribution in [3.8, 4) is 28.3 Å². The standard InChI is InChI=1S/C40H37Cl2N5O7S/c1-22-31(54-40(50)53-22)21-52-35(49)20-43-19-34-47-38-30(44-17-16-32(38)55-34)18-24-7-4-9-26(36(24)41)27-10-5-11-28(37(27)42)29-14-12-23(39(46-29)51-2)6-3-8-25-13-15-33(48)45-25/h4-5,7,9-12,14,16-17,25,43H,3,6,8,13,15,18-21H2,1-2H3,(H,45,48)/t25-/m1/s1. The van der Waals surface area contributed by atoms with Gasteiger partial charge in [-0.15, -0.1) is 11.3 Å². The summed E-state index contributed by atoms with van der Waals surface area (Å²) < 4.78 is 21.5. The summed E-state index contributed by atoms with van der Waals surface area (Å²) in [6, 6.07) is 17.8. The Morgan fingerprint density at radius 2 is 1.80 bits per heavy atom. The summed E-state index contributed by atoms with van der Waals surface area (Å²) in [7, 11) is 1.62. The summed E-state index contributed by atoms with van der Waals surface area (Å²) in [6.45, 7) is 1.64. The van der Waals surface area contributed by atoms with Gasteiger partial charge in [0.2, 0.25) is 11.8 Å². The van der Waals surface area contributed by atoms with Crippen LogP contribution in [0.3, 0.4) is 0 Å². The number of hydrogen-bond acceptors (Lipinski definition) is 12. The average molecular weight is 803 g/mol. The molecule has 7 rings (SSSR count). The van der Waals surface area contributed by atoms with E-state index < -0.39 is 11.8 Å². The van der Waals surface area contributed by atoms with E-state index in [9.17, 15) is 14.4 Å². The Balaban J connectivity index is 1.03. The first kappa shape index (κ1) is 38.2. The number of hydrogen-bond donors (Lipinski definition) is 2. The predicted octanol–water partition coefficient (Wildman–Crippen LogP) is 7.62. The van der Waals surface area contributed by atoms with Crippen LogP contribution in [0.1, 0.15) is 59.0 Å². The number of ether oxygens (including phenoxy) is 2. The highest BCUT2D eigenvalue weighted by Gasteiger charge is 2.21. The number of methoxy groups -OCH3 is 1. The molecule has 1 fully saturated rings. The number of pyridine rings is 2. The van der Waals surface area contributed by atoms with Crippen LogP contribution in [0.4, 0.5) is 0 Å². The highest BCUT2D eigenvalue weighted by Crippen LogP contribution is 2.41. The van der Waals surface area contributed by atoms with E-state index in [-0.39, 0.29) is 36.6 Å². The van der Waals surface area contributed by atoms with E-state index in [1.807, 2.05) is 54.6 Å². The monoisotopic (exact) mass is 801 g/mol. The molecule has 1 atom stereocenters. The summed E-state index contributed by atoms with van der Waals surface area (Å²) in [4.78, 5) is 49.3. The number of rotatable bonds is 15. The Morgan fingerprint density at radius 1 is 1.00 bits per heavy atom. The number of amides is 1. The van der Waals surface area contributed by atoms with Crippen molar-refractivity contribution in [2.45, 2.75) is 64.6 Å². The lowest BCUT2D eigenvalue weighted by Gasteiger charge is -2.15. The molecule has 0 unspecified atom stereocenters. The fraction of sp³-hybridized carbons (Fsp3) is 0.300. The largest absolute Gasteiger partial charge is 0.519 e. The minimum Gasteiger partial charge on any atom is -0.481 e. The molecule has 2 aromatic carbocycles. The van der Waals surface area contributed by atoms with Gasteiger partial charge in [-0.25, -0.2) is 14.8 Å². The van der Waals surface area contributed by atoms with Gasteiger partial charge in [0, 0.05) is 53.9 Å². The molecule has 0 aliphatic carbocycles. The molecule has 1 saturated heterocycles. The quantitative estimate of drug-likeness (QED) is 0.0985. The van der Waals surface area contributed by atoms with Crippen molar-refractivity contribution in [3.05, 3.63) is 115 Å². The molecule has 1 aliphatic rings. The minimum atomic E-state index is -0.839. The Hall–Kier alpha value is -5.08. The molecule has 1 amide bonds. The Labute approximate surface area is 330 Å². The average Bonchev–Trinajstić information content (AvgIpc) is 3.89. The molecule has 15 heteroatoms. The van der Waals surface area contributed by atoms with Crippen LogP contribution in [-0.4, -0.2) is 46.5 Å². The number of nitrogens with one attached hydrogen (secondary N) is 2. The second-order valence-corrected chi connectivity index (χ2v) is 15.0. The highest BCUT2D eigenvalue weighted by atomic mass is 35.5. The van der Waals surface area contributed by atoms with Crippen LogP contribution in [0.2, 0.25) is 10.0 Å². The summed E-state index contributed by atoms with van der Waals surface area (Å²) in [5.41, 5.74) is 6.37. The molecule has 55 heavy (non-hydrogen) atoms. The smallest absolute Gasteiger partial charge is 0.481 e. The maximum atomic E-state index is 12.2. The SMILES string of the molecule is COc1nc(-c2cccc(-c3cccc(Cc4nccc5sc(CNCC(=O)OCc6oc(=O)oc6C)nc45)c3Cl)c2Cl)ccc1CCC[C@@H]1CCC(=O)N1. The number of carbonyl (C=O) groups is 2. The van der Waals surface area contributed by atoms with Gasteiger partial charge in [0.15, 0.2) is 18.1 Å². The fourth-order valence-corrected chi connectivity index (χ4v) is 8.17. The maximum absolute atomic E-state index is 12.2. The van der Waals surface area contributed by atoms with Crippen molar-refractivity contribution < 1.29 is 27.9 Å². The minimum absolute atomic E-state index is 0.0630. The number of esters is 1. The number of carbonyl (C=O) groups excluding carboxylic acids is 2. The van der Waals surface area contributed by atoms with Crippen LogP contribution in [0.5, 0.6) is 5.88 Å². The Morgan fingerprint density at radius 3 is 2.56 bits per heavy atom. The van der Waals surface area contributed by atoms with Crippen molar-refractivity contribution in [1.29, 1.82) is 0 Å². The number of aryl methyl sites for hydroxylation is 2. The molecule has 0 bridgehead atoms. The molecule has 6 aromatic rings. The third kappa shape index (κ3) is 8.91. The zero-order valence-corrected chi connectivity index (χ0v) is 32.4. The molecule has 1 aliphatic heterocycles. The van der Waals surface area contributed by atoms with Crippen LogP contribution < -0.4 is 21.2 Å². The lowest BCUT2D eigenvalue weighted by Crippen LogP contribution is -2.25. The first-order valence-electron chi connectivity index (χ1n) is 17.8. The van der Waals surface area contributed by atoms with Gasteiger partial charge >= 0.3 is 11.8 Å². The van der Waals surface area contributed by atoms with E-state index in [0.29, 0.717) is 41.0 Å².